The zero-order valence-corrected chi connectivity index (χ0v) is 14.9. The molecule has 2 rings (SSSR count). The topological polar surface area (TPSA) is 78.0 Å². The third-order valence-electron chi connectivity index (χ3n) is 4.13. The molecule has 0 atom stereocenters. The molecule has 1 aromatic rings. The minimum atomic E-state index is -3.50. The van der Waals surface area contributed by atoms with Crippen LogP contribution in [0.3, 0.4) is 0 Å². The number of rotatable bonds is 7. The summed E-state index contributed by atoms with van der Waals surface area (Å²) in [5, 5.41) is 0. The molecule has 1 aromatic carbocycles. The van der Waals surface area contributed by atoms with Gasteiger partial charge in [-0.05, 0) is 17.7 Å². The van der Waals surface area contributed by atoms with E-state index in [1.165, 1.54) is 28.6 Å². The number of nitrogens with zero attached hydrogens (tertiary/aromatic N) is 3. The fraction of sp³-hybridized carbons (Fsp3) is 0.500. The number of amides is 2. The lowest BCUT2D eigenvalue weighted by Gasteiger charge is -2.33. The summed E-state index contributed by atoms with van der Waals surface area (Å²) in [4.78, 5) is 26.2. The van der Waals surface area contributed by atoms with Crippen molar-refractivity contribution in [3.8, 4) is 0 Å². The normalized spacial score (nSPS) is 15.5. The van der Waals surface area contributed by atoms with Gasteiger partial charge in [-0.1, -0.05) is 12.1 Å². The molecule has 1 fully saturated rings. The van der Waals surface area contributed by atoms with Gasteiger partial charge in [0.05, 0.1) is 6.26 Å². The summed E-state index contributed by atoms with van der Waals surface area (Å²) >= 11 is 0. The molecule has 0 radical (unpaired) electrons. The molecule has 0 spiro atoms. The van der Waals surface area contributed by atoms with Crippen LogP contribution in [0.4, 0.5) is 4.39 Å². The minimum absolute atomic E-state index is 0.0585. The van der Waals surface area contributed by atoms with Gasteiger partial charge in [-0.3, -0.25) is 9.59 Å². The summed E-state index contributed by atoms with van der Waals surface area (Å²) in [6.45, 7) is 2.03. The van der Waals surface area contributed by atoms with E-state index in [-0.39, 0.29) is 31.2 Å². The lowest BCUT2D eigenvalue weighted by molar-refractivity contribution is -0.135. The van der Waals surface area contributed by atoms with E-state index in [4.69, 9.17) is 0 Å². The smallest absolute Gasteiger partial charge is 0.224 e. The number of hydrogen-bond acceptors (Lipinski definition) is 4. The first-order chi connectivity index (χ1) is 11.8. The van der Waals surface area contributed by atoms with Gasteiger partial charge in [-0.2, -0.15) is 4.31 Å². The van der Waals surface area contributed by atoms with Crippen LogP contribution in [0.1, 0.15) is 12.0 Å². The molecule has 9 heteroatoms. The Kier molecular flexibility index (Phi) is 6.49. The van der Waals surface area contributed by atoms with Gasteiger partial charge in [-0.15, -0.1) is 0 Å². The monoisotopic (exact) mass is 371 g/mol. The lowest BCUT2D eigenvalue weighted by Crippen LogP contribution is -2.48. The molecule has 1 aliphatic heterocycles. The van der Waals surface area contributed by atoms with Crippen LogP contribution >= 0.6 is 0 Å². The van der Waals surface area contributed by atoms with Gasteiger partial charge in [0.2, 0.25) is 22.3 Å². The highest BCUT2D eigenvalue weighted by Crippen LogP contribution is 2.11. The Morgan fingerprint density at radius 3 is 2.32 bits per heavy atom. The number of benzene rings is 1. The van der Waals surface area contributed by atoms with Crippen molar-refractivity contribution in [1.29, 1.82) is 0 Å². The number of sulfonamides is 1. The highest BCUT2D eigenvalue weighted by Gasteiger charge is 2.23. The Balaban J connectivity index is 1.93. The van der Waals surface area contributed by atoms with E-state index >= 15 is 0 Å². The van der Waals surface area contributed by atoms with Crippen LogP contribution in [0.5, 0.6) is 0 Å². The van der Waals surface area contributed by atoms with Gasteiger partial charge < -0.3 is 9.80 Å². The van der Waals surface area contributed by atoms with Crippen molar-refractivity contribution in [2.75, 3.05) is 39.0 Å². The Morgan fingerprint density at radius 2 is 1.80 bits per heavy atom. The summed E-state index contributed by atoms with van der Waals surface area (Å²) in [5.74, 6) is -0.530. The first-order valence-electron chi connectivity index (χ1n) is 7.96. The third kappa shape index (κ3) is 5.79. The average Bonchev–Trinajstić information content (AvgIpc) is 2.59. The molecule has 1 aliphatic rings. The molecular weight excluding hydrogens is 349 g/mol. The molecule has 1 heterocycles. The number of hydrogen-bond donors (Lipinski definition) is 0. The van der Waals surface area contributed by atoms with Gasteiger partial charge in [0.25, 0.3) is 0 Å². The van der Waals surface area contributed by atoms with Crippen molar-refractivity contribution in [1.82, 2.24) is 14.1 Å². The van der Waals surface area contributed by atoms with Crippen molar-refractivity contribution in [3.05, 3.63) is 35.6 Å². The van der Waals surface area contributed by atoms with Gasteiger partial charge >= 0.3 is 0 Å². The Bertz CT molecular complexity index is 701. The van der Waals surface area contributed by atoms with Crippen LogP contribution < -0.4 is 0 Å². The predicted octanol–water partition coefficient (Wildman–Crippen LogP) is 0.278. The van der Waals surface area contributed by atoms with Gasteiger partial charge in [0.1, 0.15) is 5.82 Å². The number of halogens is 1. The zero-order valence-electron chi connectivity index (χ0n) is 14.1. The van der Waals surface area contributed by atoms with Crippen LogP contribution in [-0.2, 0) is 26.2 Å². The van der Waals surface area contributed by atoms with Crippen molar-refractivity contribution >= 4 is 22.3 Å². The minimum Gasteiger partial charge on any atom is -0.342 e. The summed E-state index contributed by atoms with van der Waals surface area (Å²) in [7, 11) is -3.50. The number of piperazine rings is 1. The van der Waals surface area contributed by atoms with Crippen molar-refractivity contribution in [2.24, 2.45) is 0 Å². The predicted molar refractivity (Wildman–Crippen MR) is 90.5 cm³/mol. The maximum absolute atomic E-state index is 13.0. The Hall–Kier alpha value is -2.00. The molecule has 1 saturated heterocycles. The highest BCUT2D eigenvalue weighted by molar-refractivity contribution is 7.88. The summed E-state index contributed by atoms with van der Waals surface area (Å²) in [6, 6.07) is 5.59. The molecule has 0 bridgehead atoms. The SMILES string of the molecule is CS(=O)(=O)N(CCC(=O)N1CCN(C=O)CC1)Cc1ccc(F)cc1. The highest BCUT2D eigenvalue weighted by atomic mass is 32.2. The first kappa shape index (κ1) is 19.3. The fourth-order valence-corrected chi connectivity index (χ4v) is 3.42. The molecule has 138 valence electrons. The van der Waals surface area contributed by atoms with E-state index in [0.717, 1.165) is 12.7 Å². The van der Waals surface area contributed by atoms with E-state index in [9.17, 15) is 22.4 Å². The molecule has 0 N–H and O–H groups in total. The van der Waals surface area contributed by atoms with Crippen molar-refractivity contribution < 1.29 is 22.4 Å². The number of carbonyl (C=O) groups excluding carboxylic acids is 2. The second-order valence-corrected chi connectivity index (χ2v) is 7.98. The molecule has 0 aliphatic carbocycles. The Labute approximate surface area is 147 Å². The van der Waals surface area contributed by atoms with E-state index in [1.54, 1.807) is 9.80 Å². The number of carbonyl (C=O) groups is 2. The molecule has 7 nitrogen and oxygen atoms in total. The van der Waals surface area contributed by atoms with Crippen LogP contribution in [-0.4, -0.2) is 73.8 Å². The standard InChI is InChI=1S/C16H22FN3O4S/c1-25(23,24)20(12-14-2-4-15(17)5-3-14)7-6-16(22)19-10-8-18(13-21)9-11-19/h2-5,13H,6-12H2,1H3. The summed E-state index contributed by atoms with van der Waals surface area (Å²) in [5.41, 5.74) is 0.652. The van der Waals surface area contributed by atoms with Crippen LogP contribution in [0.2, 0.25) is 0 Å². The maximum Gasteiger partial charge on any atom is 0.224 e. The quantitative estimate of drug-likeness (QED) is 0.645. The fourth-order valence-electron chi connectivity index (χ4n) is 2.61. The largest absolute Gasteiger partial charge is 0.342 e. The maximum atomic E-state index is 13.0. The van der Waals surface area contributed by atoms with E-state index in [1.807, 2.05) is 0 Å². The summed E-state index contributed by atoms with van der Waals surface area (Å²) in [6.07, 6.45) is 1.91. The van der Waals surface area contributed by atoms with E-state index in [0.29, 0.717) is 31.7 Å². The van der Waals surface area contributed by atoms with Crippen molar-refractivity contribution in [3.63, 3.8) is 0 Å². The molecular formula is C16H22FN3O4S. The Morgan fingerprint density at radius 1 is 1.20 bits per heavy atom. The molecule has 0 saturated carbocycles. The third-order valence-corrected chi connectivity index (χ3v) is 5.38. The van der Waals surface area contributed by atoms with Crippen molar-refractivity contribution in [2.45, 2.75) is 13.0 Å². The molecule has 25 heavy (non-hydrogen) atoms. The lowest BCUT2D eigenvalue weighted by atomic mass is 10.2. The van der Waals surface area contributed by atoms with Gasteiger partial charge in [0, 0.05) is 45.7 Å². The average molecular weight is 371 g/mol. The molecule has 0 unspecified atom stereocenters. The van der Waals surface area contributed by atoms with Crippen LogP contribution in [0, 0.1) is 5.82 Å². The second kappa shape index (κ2) is 8.39. The molecule has 2 amide bonds. The van der Waals surface area contributed by atoms with Gasteiger partial charge in [0.15, 0.2) is 0 Å². The zero-order chi connectivity index (χ0) is 18.4. The summed E-state index contributed by atoms with van der Waals surface area (Å²) < 4.78 is 38.1. The van der Waals surface area contributed by atoms with Crippen LogP contribution in [0.15, 0.2) is 24.3 Å². The van der Waals surface area contributed by atoms with Gasteiger partial charge in [-0.25, -0.2) is 12.8 Å². The van der Waals surface area contributed by atoms with E-state index in [2.05, 4.69) is 0 Å². The molecule has 0 aromatic heterocycles. The first-order valence-corrected chi connectivity index (χ1v) is 9.81. The second-order valence-electron chi connectivity index (χ2n) is 6.00. The van der Waals surface area contributed by atoms with Crippen LogP contribution in [0.25, 0.3) is 0 Å². The van der Waals surface area contributed by atoms with E-state index < -0.39 is 10.0 Å².